The number of nitrogens with two attached hydrogens (primary N) is 1. The van der Waals surface area contributed by atoms with Crippen LogP contribution in [0.4, 0.5) is 0 Å². The summed E-state index contributed by atoms with van der Waals surface area (Å²) in [5.41, 5.74) is 6.05. The number of likely N-dealkylation sites (N-methyl/N-ethyl adjacent to an activating group) is 1. The lowest BCUT2D eigenvalue weighted by Gasteiger charge is -2.36. The minimum absolute atomic E-state index is 0.117. The third-order valence-corrected chi connectivity index (χ3v) is 3.04. The second kappa shape index (κ2) is 2.98. The van der Waals surface area contributed by atoms with E-state index in [0.717, 1.165) is 39.0 Å². The molecule has 2 saturated heterocycles. The average molecular weight is 170 g/mol. The molecule has 0 aromatic rings. The number of hydrogen-bond donors (Lipinski definition) is 1. The first kappa shape index (κ1) is 8.48. The fraction of sp³-hybridized carbons (Fsp3) is 1.00. The average Bonchev–Trinajstić information content (AvgIpc) is 2.32. The maximum Gasteiger partial charge on any atom is 0.0835 e. The molecular formula is C9H18N2O. The minimum Gasteiger partial charge on any atom is -0.373 e. The number of ether oxygens (including phenoxy) is 1. The zero-order valence-corrected chi connectivity index (χ0v) is 7.75. The molecule has 0 aromatic heterocycles. The summed E-state index contributed by atoms with van der Waals surface area (Å²) in [4.78, 5) is 2.33. The summed E-state index contributed by atoms with van der Waals surface area (Å²) >= 11 is 0. The summed E-state index contributed by atoms with van der Waals surface area (Å²) in [5, 5.41) is 0. The van der Waals surface area contributed by atoms with E-state index in [9.17, 15) is 0 Å². The van der Waals surface area contributed by atoms with Gasteiger partial charge in [-0.3, -0.25) is 0 Å². The van der Waals surface area contributed by atoms with Crippen LogP contribution >= 0.6 is 0 Å². The van der Waals surface area contributed by atoms with E-state index in [1.807, 2.05) is 0 Å². The summed E-state index contributed by atoms with van der Waals surface area (Å²) in [6.07, 6.45) is 3.25. The minimum atomic E-state index is 0.117. The third-order valence-electron chi connectivity index (χ3n) is 3.04. The van der Waals surface area contributed by atoms with Crippen LogP contribution in [0.15, 0.2) is 0 Å². The van der Waals surface area contributed by atoms with E-state index in [1.54, 1.807) is 0 Å². The lowest BCUT2D eigenvalue weighted by molar-refractivity contribution is -0.0747. The van der Waals surface area contributed by atoms with Crippen LogP contribution in [-0.2, 0) is 4.74 Å². The normalized spacial score (nSPS) is 44.0. The molecule has 3 nitrogen and oxygen atoms in total. The highest BCUT2D eigenvalue weighted by Crippen LogP contribution is 2.32. The quantitative estimate of drug-likeness (QED) is 0.564. The molecule has 2 N–H and O–H groups in total. The molecule has 0 aromatic carbocycles. The number of rotatable bonds is 0. The third kappa shape index (κ3) is 1.49. The van der Waals surface area contributed by atoms with E-state index in [2.05, 4.69) is 11.9 Å². The number of nitrogens with zero attached hydrogens (tertiary/aromatic N) is 1. The molecule has 2 fully saturated rings. The molecule has 2 atom stereocenters. The van der Waals surface area contributed by atoms with Crippen molar-refractivity contribution in [2.45, 2.75) is 30.9 Å². The van der Waals surface area contributed by atoms with Crippen LogP contribution < -0.4 is 5.73 Å². The van der Waals surface area contributed by atoms with Crippen LogP contribution in [0.3, 0.4) is 0 Å². The highest BCUT2D eigenvalue weighted by atomic mass is 16.5. The van der Waals surface area contributed by atoms with Crippen molar-refractivity contribution in [3.63, 3.8) is 0 Å². The first-order chi connectivity index (χ1) is 5.70. The molecule has 12 heavy (non-hydrogen) atoms. The van der Waals surface area contributed by atoms with E-state index >= 15 is 0 Å². The van der Waals surface area contributed by atoms with Gasteiger partial charge in [-0.1, -0.05) is 0 Å². The second-order valence-corrected chi connectivity index (χ2v) is 4.27. The molecule has 0 unspecified atom stereocenters. The highest BCUT2D eigenvalue weighted by Gasteiger charge is 2.41. The van der Waals surface area contributed by atoms with E-state index in [-0.39, 0.29) is 5.60 Å². The Morgan fingerprint density at radius 2 is 2.42 bits per heavy atom. The SMILES string of the molecule is CN1CC[C@]2(C[C@@H](N)CCO2)C1. The van der Waals surface area contributed by atoms with Crippen LogP contribution in [0.1, 0.15) is 19.3 Å². The van der Waals surface area contributed by atoms with Crippen molar-refractivity contribution >= 4 is 0 Å². The summed E-state index contributed by atoms with van der Waals surface area (Å²) < 4.78 is 5.85. The fourth-order valence-corrected chi connectivity index (χ4v) is 2.39. The molecule has 1 spiro atoms. The zero-order valence-electron chi connectivity index (χ0n) is 7.75. The zero-order chi connectivity index (χ0) is 8.60. The lowest BCUT2D eigenvalue weighted by atomic mass is 9.90. The maximum absolute atomic E-state index is 5.94. The van der Waals surface area contributed by atoms with Gasteiger partial charge in [0.1, 0.15) is 0 Å². The summed E-state index contributed by atoms with van der Waals surface area (Å²) in [7, 11) is 2.15. The van der Waals surface area contributed by atoms with Gasteiger partial charge in [-0.05, 0) is 26.3 Å². The van der Waals surface area contributed by atoms with Crippen molar-refractivity contribution < 1.29 is 4.74 Å². The molecule has 0 radical (unpaired) electrons. The molecule has 0 bridgehead atoms. The van der Waals surface area contributed by atoms with Crippen LogP contribution in [0.25, 0.3) is 0 Å². The van der Waals surface area contributed by atoms with Gasteiger partial charge in [0.15, 0.2) is 0 Å². The maximum atomic E-state index is 5.94. The first-order valence-electron chi connectivity index (χ1n) is 4.78. The molecule has 0 aliphatic carbocycles. The van der Waals surface area contributed by atoms with E-state index < -0.39 is 0 Å². The molecule has 70 valence electrons. The van der Waals surface area contributed by atoms with Crippen LogP contribution in [0, 0.1) is 0 Å². The van der Waals surface area contributed by atoms with Crippen LogP contribution in [-0.4, -0.2) is 43.3 Å². The molecule has 2 aliphatic rings. The first-order valence-corrected chi connectivity index (χ1v) is 4.78. The van der Waals surface area contributed by atoms with Crippen LogP contribution in [0.5, 0.6) is 0 Å². The molecule has 2 heterocycles. The number of hydrogen-bond acceptors (Lipinski definition) is 3. The fourth-order valence-electron chi connectivity index (χ4n) is 2.39. The predicted molar refractivity (Wildman–Crippen MR) is 48.0 cm³/mol. The van der Waals surface area contributed by atoms with E-state index in [1.165, 1.54) is 0 Å². The van der Waals surface area contributed by atoms with Gasteiger partial charge in [-0.15, -0.1) is 0 Å². The Morgan fingerprint density at radius 3 is 3.00 bits per heavy atom. The van der Waals surface area contributed by atoms with E-state index in [4.69, 9.17) is 10.5 Å². The van der Waals surface area contributed by atoms with Gasteiger partial charge in [0.25, 0.3) is 0 Å². The van der Waals surface area contributed by atoms with Gasteiger partial charge in [0.2, 0.25) is 0 Å². The largest absolute Gasteiger partial charge is 0.373 e. The summed E-state index contributed by atoms with van der Waals surface area (Å²) in [5.74, 6) is 0. The monoisotopic (exact) mass is 170 g/mol. The van der Waals surface area contributed by atoms with Crippen molar-refractivity contribution in [2.75, 3.05) is 26.7 Å². The topological polar surface area (TPSA) is 38.5 Å². The van der Waals surface area contributed by atoms with Crippen molar-refractivity contribution in [1.29, 1.82) is 0 Å². The van der Waals surface area contributed by atoms with Crippen molar-refractivity contribution in [3.05, 3.63) is 0 Å². The Hall–Kier alpha value is -0.120. The van der Waals surface area contributed by atoms with Crippen molar-refractivity contribution in [2.24, 2.45) is 5.73 Å². The molecule has 2 aliphatic heterocycles. The Balaban J connectivity index is 2.00. The van der Waals surface area contributed by atoms with Gasteiger partial charge in [0, 0.05) is 25.7 Å². The van der Waals surface area contributed by atoms with Gasteiger partial charge in [-0.25, -0.2) is 0 Å². The van der Waals surface area contributed by atoms with Gasteiger partial charge in [0.05, 0.1) is 5.60 Å². The summed E-state index contributed by atoms with van der Waals surface area (Å²) in [6, 6.07) is 0.366. The standard InChI is InChI=1S/C9H18N2O/c1-11-4-3-9(7-11)6-8(10)2-5-12-9/h8H,2-7,10H2,1H3/t8-,9-/m0/s1. The molecule has 3 heteroatoms. The Kier molecular flexibility index (Phi) is 2.10. The van der Waals surface area contributed by atoms with Crippen molar-refractivity contribution in [3.8, 4) is 0 Å². The molecule has 0 saturated carbocycles. The van der Waals surface area contributed by atoms with Crippen molar-refractivity contribution in [1.82, 2.24) is 4.90 Å². The number of likely N-dealkylation sites (tertiary alicyclic amines) is 1. The Morgan fingerprint density at radius 1 is 1.58 bits per heavy atom. The van der Waals surface area contributed by atoms with Gasteiger partial charge < -0.3 is 15.4 Å². The molecular weight excluding hydrogens is 152 g/mol. The Labute approximate surface area is 73.9 Å². The van der Waals surface area contributed by atoms with Gasteiger partial charge in [-0.2, -0.15) is 0 Å². The van der Waals surface area contributed by atoms with Gasteiger partial charge >= 0.3 is 0 Å². The Bertz CT molecular complexity index is 170. The smallest absolute Gasteiger partial charge is 0.0835 e. The molecule has 2 rings (SSSR count). The van der Waals surface area contributed by atoms with E-state index in [0.29, 0.717) is 6.04 Å². The lowest BCUT2D eigenvalue weighted by Crippen LogP contribution is -2.46. The molecule has 0 amide bonds. The second-order valence-electron chi connectivity index (χ2n) is 4.27. The van der Waals surface area contributed by atoms with Crippen LogP contribution in [0.2, 0.25) is 0 Å². The predicted octanol–water partition coefficient (Wildman–Crippen LogP) is 0.198. The highest BCUT2D eigenvalue weighted by molar-refractivity contribution is 4.95. The summed E-state index contributed by atoms with van der Waals surface area (Å²) in [6.45, 7) is 3.09.